The van der Waals surface area contributed by atoms with Crippen LogP contribution in [0, 0.1) is 5.92 Å². The van der Waals surface area contributed by atoms with Crippen molar-refractivity contribution in [3.63, 3.8) is 0 Å². The molecule has 27 heavy (non-hydrogen) atoms. The molecule has 0 bridgehead atoms. The van der Waals surface area contributed by atoms with Crippen molar-refractivity contribution in [2.75, 3.05) is 45.5 Å². The third-order valence-corrected chi connectivity index (χ3v) is 6.88. The molecule has 2 saturated heterocycles. The number of carbonyl (C=O) groups excluding carboxylic acids is 1. The Balaban J connectivity index is 0.00000261. The lowest BCUT2D eigenvalue weighted by Gasteiger charge is -2.38. The van der Waals surface area contributed by atoms with Gasteiger partial charge in [-0.1, -0.05) is 29.8 Å². The van der Waals surface area contributed by atoms with Crippen LogP contribution >= 0.6 is 24.0 Å². The zero-order valence-corrected chi connectivity index (χ0v) is 17.9. The number of piperidine rings is 1. The number of hydrogen-bond donors (Lipinski definition) is 0. The highest BCUT2D eigenvalue weighted by molar-refractivity contribution is 7.88. The van der Waals surface area contributed by atoms with Crippen molar-refractivity contribution < 1.29 is 13.2 Å². The van der Waals surface area contributed by atoms with Crippen LogP contribution in [0.4, 0.5) is 0 Å². The zero-order valence-electron chi connectivity index (χ0n) is 15.5. The minimum absolute atomic E-state index is 0. The molecule has 152 valence electrons. The van der Waals surface area contributed by atoms with Crippen LogP contribution in [0.15, 0.2) is 24.3 Å². The molecule has 1 aromatic rings. The second kappa shape index (κ2) is 9.56. The molecule has 9 heteroatoms. The molecule has 0 aromatic heterocycles. The summed E-state index contributed by atoms with van der Waals surface area (Å²) >= 11 is 6.23. The number of carbonyl (C=O) groups is 1. The van der Waals surface area contributed by atoms with Gasteiger partial charge in [0.1, 0.15) is 0 Å². The van der Waals surface area contributed by atoms with E-state index < -0.39 is 10.0 Å². The van der Waals surface area contributed by atoms with Crippen molar-refractivity contribution in [1.29, 1.82) is 0 Å². The first-order chi connectivity index (χ1) is 12.3. The average Bonchev–Trinajstić information content (AvgIpc) is 2.63. The van der Waals surface area contributed by atoms with E-state index in [-0.39, 0.29) is 24.2 Å². The Morgan fingerprint density at radius 3 is 2.44 bits per heavy atom. The molecule has 3 rings (SSSR count). The highest BCUT2D eigenvalue weighted by Crippen LogP contribution is 2.22. The third-order valence-electron chi connectivity index (χ3n) is 5.24. The van der Waals surface area contributed by atoms with E-state index in [1.165, 1.54) is 10.6 Å². The fraction of sp³-hybridized carbons (Fsp3) is 0.611. The van der Waals surface area contributed by atoms with E-state index in [1.54, 1.807) is 0 Å². The maximum Gasteiger partial charge on any atom is 0.227 e. The zero-order chi connectivity index (χ0) is 18.7. The van der Waals surface area contributed by atoms with Crippen LogP contribution in [0.25, 0.3) is 0 Å². The predicted octanol–water partition coefficient (Wildman–Crippen LogP) is 2.08. The molecule has 0 spiro atoms. The Morgan fingerprint density at radius 1 is 1.15 bits per heavy atom. The van der Waals surface area contributed by atoms with Crippen molar-refractivity contribution in [3.8, 4) is 0 Å². The van der Waals surface area contributed by atoms with Gasteiger partial charge in [-0.3, -0.25) is 9.69 Å². The van der Waals surface area contributed by atoms with Gasteiger partial charge in [-0.2, -0.15) is 0 Å². The number of sulfonamides is 1. The summed E-state index contributed by atoms with van der Waals surface area (Å²) in [5, 5.41) is 0.772. The number of benzene rings is 1. The van der Waals surface area contributed by atoms with Crippen LogP contribution < -0.4 is 0 Å². The fourth-order valence-corrected chi connectivity index (χ4v) is 4.80. The molecule has 0 aliphatic carbocycles. The molecule has 0 N–H and O–H groups in total. The SMILES string of the molecule is CS(=O)(=O)N1CCCC(C(=O)N2CCN(Cc3ccccc3Cl)CC2)C1.Cl. The van der Waals surface area contributed by atoms with Gasteiger partial charge in [0.25, 0.3) is 0 Å². The van der Waals surface area contributed by atoms with E-state index in [0.29, 0.717) is 26.2 Å². The lowest BCUT2D eigenvalue weighted by molar-refractivity contribution is -0.138. The third kappa shape index (κ3) is 5.81. The summed E-state index contributed by atoms with van der Waals surface area (Å²) in [6.07, 6.45) is 2.73. The summed E-state index contributed by atoms with van der Waals surface area (Å²) < 4.78 is 25.0. The monoisotopic (exact) mass is 435 g/mol. The minimum atomic E-state index is -3.23. The van der Waals surface area contributed by atoms with E-state index in [4.69, 9.17) is 11.6 Å². The van der Waals surface area contributed by atoms with Gasteiger partial charge in [0, 0.05) is 50.8 Å². The van der Waals surface area contributed by atoms with Crippen molar-refractivity contribution in [2.24, 2.45) is 5.92 Å². The Hall–Kier alpha value is -0.860. The molecule has 2 heterocycles. The number of amides is 1. The quantitative estimate of drug-likeness (QED) is 0.725. The van der Waals surface area contributed by atoms with Gasteiger partial charge in [-0.05, 0) is 24.5 Å². The van der Waals surface area contributed by atoms with Crippen molar-refractivity contribution >= 4 is 39.9 Å². The summed E-state index contributed by atoms with van der Waals surface area (Å²) in [7, 11) is -3.23. The minimum Gasteiger partial charge on any atom is -0.340 e. The van der Waals surface area contributed by atoms with Crippen molar-refractivity contribution in [2.45, 2.75) is 19.4 Å². The standard InChI is InChI=1S/C18H26ClN3O3S.ClH/c1-26(24,25)22-8-4-6-16(14-22)18(23)21-11-9-20(10-12-21)13-15-5-2-3-7-17(15)19;/h2-3,5,7,16H,4,6,8-14H2,1H3;1H. The van der Waals surface area contributed by atoms with Gasteiger partial charge >= 0.3 is 0 Å². The van der Waals surface area contributed by atoms with E-state index in [0.717, 1.165) is 43.1 Å². The Kier molecular flexibility index (Phi) is 7.94. The van der Waals surface area contributed by atoms with Gasteiger partial charge < -0.3 is 4.90 Å². The Labute approximate surface area is 172 Å². The van der Waals surface area contributed by atoms with E-state index in [2.05, 4.69) is 4.90 Å². The number of nitrogens with zero attached hydrogens (tertiary/aromatic N) is 3. The van der Waals surface area contributed by atoms with Crippen LogP contribution in [0.2, 0.25) is 5.02 Å². The summed E-state index contributed by atoms with van der Waals surface area (Å²) in [5.74, 6) is -0.121. The van der Waals surface area contributed by atoms with E-state index in [1.807, 2.05) is 29.2 Å². The Morgan fingerprint density at radius 2 is 1.81 bits per heavy atom. The molecule has 0 radical (unpaired) electrons. The first-order valence-corrected chi connectivity index (χ1v) is 11.3. The Bertz CT molecular complexity index is 752. The molecule has 6 nitrogen and oxygen atoms in total. The van der Waals surface area contributed by atoms with E-state index in [9.17, 15) is 13.2 Å². The maximum atomic E-state index is 12.8. The smallest absolute Gasteiger partial charge is 0.227 e. The summed E-state index contributed by atoms with van der Waals surface area (Å²) in [5.41, 5.74) is 1.10. The van der Waals surface area contributed by atoms with Gasteiger partial charge in [0.15, 0.2) is 0 Å². The number of rotatable bonds is 4. The van der Waals surface area contributed by atoms with Gasteiger partial charge in [-0.15, -0.1) is 12.4 Å². The van der Waals surface area contributed by atoms with Crippen LogP contribution in [0.3, 0.4) is 0 Å². The summed E-state index contributed by atoms with van der Waals surface area (Å²) in [4.78, 5) is 17.0. The normalized spacial score (nSPS) is 22.3. The summed E-state index contributed by atoms with van der Waals surface area (Å²) in [6.45, 7) is 4.59. The number of piperazine rings is 1. The maximum absolute atomic E-state index is 12.8. The highest BCUT2D eigenvalue weighted by Gasteiger charge is 2.33. The van der Waals surface area contributed by atoms with Gasteiger partial charge in [0.2, 0.25) is 15.9 Å². The largest absolute Gasteiger partial charge is 0.340 e. The van der Waals surface area contributed by atoms with Crippen LogP contribution in [-0.2, 0) is 21.4 Å². The van der Waals surface area contributed by atoms with E-state index >= 15 is 0 Å². The number of halogens is 2. The molecule has 2 aliphatic rings. The van der Waals surface area contributed by atoms with Crippen LogP contribution in [0.1, 0.15) is 18.4 Å². The van der Waals surface area contributed by atoms with Crippen molar-refractivity contribution in [3.05, 3.63) is 34.9 Å². The molecule has 1 unspecified atom stereocenters. The van der Waals surface area contributed by atoms with Gasteiger partial charge in [-0.25, -0.2) is 12.7 Å². The van der Waals surface area contributed by atoms with Crippen LogP contribution in [0.5, 0.6) is 0 Å². The second-order valence-corrected chi connectivity index (χ2v) is 9.54. The lowest BCUT2D eigenvalue weighted by atomic mass is 9.97. The van der Waals surface area contributed by atoms with Crippen LogP contribution in [-0.4, -0.2) is 74.0 Å². The van der Waals surface area contributed by atoms with Gasteiger partial charge in [0.05, 0.1) is 12.2 Å². The fourth-order valence-electron chi connectivity index (χ4n) is 3.70. The molecule has 2 aliphatic heterocycles. The first-order valence-electron chi connectivity index (χ1n) is 9.04. The molecule has 1 aromatic carbocycles. The average molecular weight is 436 g/mol. The predicted molar refractivity (Wildman–Crippen MR) is 110 cm³/mol. The molecular weight excluding hydrogens is 409 g/mol. The second-order valence-electron chi connectivity index (χ2n) is 7.15. The highest BCUT2D eigenvalue weighted by atomic mass is 35.5. The topological polar surface area (TPSA) is 60.9 Å². The molecule has 1 amide bonds. The number of hydrogen-bond acceptors (Lipinski definition) is 4. The first kappa shape index (κ1) is 22.4. The molecule has 0 saturated carbocycles. The van der Waals surface area contributed by atoms with Crippen molar-refractivity contribution in [1.82, 2.24) is 14.1 Å². The lowest BCUT2D eigenvalue weighted by Crippen LogP contribution is -2.52. The molecule has 2 fully saturated rings. The summed E-state index contributed by atoms with van der Waals surface area (Å²) in [6, 6.07) is 7.83. The molecule has 1 atom stereocenters. The molecular formula is C18H27Cl2N3O3S.